The van der Waals surface area contributed by atoms with E-state index in [-0.39, 0.29) is 23.9 Å². The highest BCUT2D eigenvalue weighted by Gasteiger charge is 2.14. The topological polar surface area (TPSA) is 88.0 Å². The Morgan fingerprint density at radius 2 is 1.96 bits per heavy atom. The van der Waals surface area contributed by atoms with E-state index in [0.717, 1.165) is 11.0 Å². The third kappa shape index (κ3) is 3.60. The molecule has 4 rings (SSSR count). The van der Waals surface area contributed by atoms with Gasteiger partial charge in [-0.2, -0.15) is 0 Å². The highest BCUT2D eigenvalue weighted by atomic mass is 16.3. The number of aromatic amines is 1. The number of hydrogen-bond donors (Lipinski definition) is 2. The van der Waals surface area contributed by atoms with Crippen LogP contribution in [0, 0.1) is 0 Å². The van der Waals surface area contributed by atoms with E-state index in [1.807, 2.05) is 43.3 Å². The highest BCUT2D eigenvalue weighted by Crippen LogP contribution is 2.23. The van der Waals surface area contributed by atoms with Gasteiger partial charge in [-0.25, -0.2) is 4.98 Å². The van der Waals surface area contributed by atoms with Crippen molar-refractivity contribution in [2.75, 3.05) is 0 Å². The Balaban J connectivity index is 1.41. The van der Waals surface area contributed by atoms with Gasteiger partial charge in [0.05, 0.1) is 16.9 Å². The van der Waals surface area contributed by atoms with Gasteiger partial charge in [0, 0.05) is 18.2 Å². The number of aryl methyl sites for hydroxylation is 1. The van der Waals surface area contributed by atoms with E-state index in [1.54, 1.807) is 18.2 Å². The average Bonchev–Trinajstić information content (AvgIpc) is 3.11. The van der Waals surface area contributed by atoms with E-state index in [2.05, 4.69) is 15.3 Å². The first kappa shape index (κ1) is 17.0. The molecule has 6 nitrogen and oxygen atoms in total. The van der Waals surface area contributed by atoms with E-state index in [1.165, 1.54) is 0 Å². The molecule has 0 saturated heterocycles. The van der Waals surface area contributed by atoms with Gasteiger partial charge in [0.1, 0.15) is 17.2 Å². The summed E-state index contributed by atoms with van der Waals surface area (Å²) in [6.45, 7) is 1.88. The lowest BCUT2D eigenvalue weighted by molar-refractivity contribution is -0.121. The highest BCUT2D eigenvalue weighted by molar-refractivity contribution is 5.79. The Kier molecular flexibility index (Phi) is 4.46. The minimum atomic E-state index is -0.242. The number of carbonyl (C=O) groups is 1. The molecular formula is C21H19N3O3. The molecule has 0 aliphatic carbocycles. The monoisotopic (exact) mass is 361 g/mol. The van der Waals surface area contributed by atoms with E-state index in [0.29, 0.717) is 28.9 Å². The number of amides is 1. The fourth-order valence-corrected chi connectivity index (χ4v) is 3.09. The Hall–Kier alpha value is -3.41. The van der Waals surface area contributed by atoms with Crippen molar-refractivity contribution in [3.05, 3.63) is 76.5 Å². The van der Waals surface area contributed by atoms with E-state index >= 15 is 0 Å². The van der Waals surface area contributed by atoms with Crippen LogP contribution in [0.1, 0.15) is 31.0 Å². The summed E-state index contributed by atoms with van der Waals surface area (Å²) in [5.41, 5.74) is 1.24. The zero-order chi connectivity index (χ0) is 18.8. The zero-order valence-corrected chi connectivity index (χ0v) is 14.9. The second kappa shape index (κ2) is 7.07. The number of fused-ring (bicyclic) bond motifs is 2. The Bertz CT molecular complexity index is 1140. The van der Waals surface area contributed by atoms with Crippen LogP contribution in [0.5, 0.6) is 0 Å². The summed E-state index contributed by atoms with van der Waals surface area (Å²) in [7, 11) is 0. The van der Waals surface area contributed by atoms with Crippen LogP contribution in [0.25, 0.3) is 21.9 Å². The molecule has 0 fully saturated rings. The molecule has 27 heavy (non-hydrogen) atoms. The fourth-order valence-electron chi connectivity index (χ4n) is 3.09. The smallest absolute Gasteiger partial charge is 0.258 e. The van der Waals surface area contributed by atoms with Crippen LogP contribution < -0.4 is 10.9 Å². The van der Waals surface area contributed by atoms with Crippen LogP contribution in [0.4, 0.5) is 0 Å². The molecule has 136 valence electrons. The molecule has 0 bridgehead atoms. The Morgan fingerprint density at radius 1 is 1.19 bits per heavy atom. The standard InChI is InChI=1S/C21H19N3O3/c1-13(18-12-14-6-2-5-9-17(14)27-18)22-20(25)11-10-19-23-16-8-4-3-7-15(16)21(26)24-19/h2-9,12-13H,10-11H2,1H3,(H,22,25)(H,23,24,26)/t13-/m1/s1. The summed E-state index contributed by atoms with van der Waals surface area (Å²) >= 11 is 0. The predicted octanol–water partition coefficient (Wildman–Crippen LogP) is 3.48. The Morgan fingerprint density at radius 3 is 2.81 bits per heavy atom. The fraction of sp³-hybridized carbons (Fsp3) is 0.190. The summed E-state index contributed by atoms with van der Waals surface area (Å²) in [5.74, 6) is 1.09. The molecule has 2 N–H and O–H groups in total. The lowest BCUT2D eigenvalue weighted by atomic mass is 10.2. The number of carbonyl (C=O) groups excluding carboxylic acids is 1. The van der Waals surface area contributed by atoms with Crippen LogP contribution >= 0.6 is 0 Å². The normalized spacial score (nSPS) is 12.3. The summed E-state index contributed by atoms with van der Waals surface area (Å²) in [6, 6.07) is 16.6. The lowest BCUT2D eigenvalue weighted by Gasteiger charge is -2.11. The van der Waals surface area contributed by atoms with Crippen molar-refractivity contribution in [2.24, 2.45) is 0 Å². The van der Waals surface area contributed by atoms with Crippen LogP contribution in [-0.2, 0) is 11.2 Å². The molecule has 0 saturated carbocycles. The minimum Gasteiger partial charge on any atom is -0.459 e. The lowest BCUT2D eigenvalue weighted by Crippen LogP contribution is -2.27. The van der Waals surface area contributed by atoms with Gasteiger partial charge in [0.2, 0.25) is 5.91 Å². The maximum absolute atomic E-state index is 12.3. The largest absolute Gasteiger partial charge is 0.459 e. The molecule has 0 aliphatic heterocycles. The van der Waals surface area contributed by atoms with Gasteiger partial charge in [-0.1, -0.05) is 30.3 Å². The summed E-state index contributed by atoms with van der Waals surface area (Å²) in [5, 5.41) is 4.48. The average molecular weight is 361 g/mol. The van der Waals surface area contributed by atoms with Gasteiger partial charge in [-0.3, -0.25) is 9.59 Å². The number of furan rings is 1. The molecule has 0 spiro atoms. The van der Waals surface area contributed by atoms with Gasteiger partial charge in [-0.15, -0.1) is 0 Å². The molecule has 6 heteroatoms. The van der Waals surface area contributed by atoms with Gasteiger partial charge in [-0.05, 0) is 31.2 Å². The van der Waals surface area contributed by atoms with Gasteiger partial charge in [0.25, 0.3) is 5.56 Å². The van der Waals surface area contributed by atoms with E-state index in [4.69, 9.17) is 4.42 Å². The third-order valence-electron chi connectivity index (χ3n) is 4.50. The molecule has 1 amide bonds. The van der Waals surface area contributed by atoms with Crippen LogP contribution in [0.3, 0.4) is 0 Å². The van der Waals surface area contributed by atoms with Crippen molar-refractivity contribution in [3.63, 3.8) is 0 Å². The summed E-state index contributed by atoms with van der Waals surface area (Å²) < 4.78 is 5.78. The van der Waals surface area contributed by atoms with E-state index in [9.17, 15) is 9.59 Å². The number of nitrogens with zero attached hydrogens (tertiary/aromatic N) is 1. The van der Waals surface area contributed by atoms with Crippen molar-refractivity contribution in [1.82, 2.24) is 15.3 Å². The van der Waals surface area contributed by atoms with Crippen molar-refractivity contribution >= 4 is 27.8 Å². The van der Waals surface area contributed by atoms with Crippen molar-refractivity contribution < 1.29 is 9.21 Å². The number of benzene rings is 2. The summed E-state index contributed by atoms with van der Waals surface area (Å²) in [6.07, 6.45) is 0.588. The quantitative estimate of drug-likeness (QED) is 0.570. The second-order valence-corrected chi connectivity index (χ2v) is 6.51. The van der Waals surface area contributed by atoms with Crippen LogP contribution in [0.15, 0.2) is 63.8 Å². The molecule has 2 aromatic heterocycles. The molecule has 0 aliphatic rings. The molecule has 1 atom stereocenters. The number of para-hydroxylation sites is 2. The first-order valence-electron chi connectivity index (χ1n) is 8.86. The number of aromatic nitrogens is 2. The number of hydrogen-bond acceptors (Lipinski definition) is 4. The van der Waals surface area contributed by atoms with Crippen LogP contribution in [0.2, 0.25) is 0 Å². The van der Waals surface area contributed by atoms with Crippen molar-refractivity contribution in [3.8, 4) is 0 Å². The predicted molar refractivity (Wildman–Crippen MR) is 103 cm³/mol. The minimum absolute atomic E-state index is 0.126. The molecule has 2 aromatic carbocycles. The van der Waals surface area contributed by atoms with E-state index < -0.39 is 0 Å². The zero-order valence-electron chi connectivity index (χ0n) is 14.9. The molecule has 2 heterocycles. The second-order valence-electron chi connectivity index (χ2n) is 6.51. The molecule has 4 aromatic rings. The van der Waals surface area contributed by atoms with Gasteiger partial charge < -0.3 is 14.7 Å². The molecular weight excluding hydrogens is 342 g/mol. The summed E-state index contributed by atoms with van der Waals surface area (Å²) in [4.78, 5) is 31.5. The molecule has 0 radical (unpaired) electrons. The first-order valence-corrected chi connectivity index (χ1v) is 8.86. The van der Waals surface area contributed by atoms with Crippen LogP contribution in [-0.4, -0.2) is 15.9 Å². The third-order valence-corrected chi connectivity index (χ3v) is 4.50. The maximum Gasteiger partial charge on any atom is 0.258 e. The van der Waals surface area contributed by atoms with Crippen molar-refractivity contribution in [2.45, 2.75) is 25.8 Å². The number of H-pyrrole nitrogens is 1. The number of nitrogens with one attached hydrogen (secondary N) is 2. The SMILES string of the molecule is C[C@@H](NC(=O)CCc1nc2ccccc2c(=O)[nH]1)c1cc2ccccc2o1. The Labute approximate surface area is 155 Å². The number of rotatable bonds is 5. The van der Waals surface area contributed by atoms with Crippen molar-refractivity contribution in [1.29, 1.82) is 0 Å². The molecule has 0 unspecified atom stereocenters. The first-order chi connectivity index (χ1) is 13.1. The maximum atomic E-state index is 12.3. The van der Waals surface area contributed by atoms with Gasteiger partial charge in [0.15, 0.2) is 0 Å². The van der Waals surface area contributed by atoms with Gasteiger partial charge >= 0.3 is 0 Å².